The Balaban J connectivity index is 1.71. The minimum Gasteiger partial charge on any atom is -0.325 e. The molecule has 1 amide bonds. The third kappa shape index (κ3) is 4.11. The molecule has 0 unspecified atom stereocenters. The predicted molar refractivity (Wildman–Crippen MR) is 109 cm³/mol. The van der Waals surface area contributed by atoms with Gasteiger partial charge in [0.1, 0.15) is 0 Å². The van der Waals surface area contributed by atoms with Crippen LogP contribution in [0.3, 0.4) is 0 Å². The van der Waals surface area contributed by atoms with Gasteiger partial charge in [0.25, 0.3) is 0 Å². The summed E-state index contributed by atoms with van der Waals surface area (Å²) in [4.78, 5) is 13.4. The molecule has 1 heterocycles. The SMILES string of the molecule is Cc1ccc(Cl)cc1NC(=O)CSc1c(C)nn(-c2ccccc2)c1C. The van der Waals surface area contributed by atoms with Crippen LogP contribution in [0.5, 0.6) is 0 Å². The van der Waals surface area contributed by atoms with Crippen molar-refractivity contribution in [3.8, 4) is 5.69 Å². The molecule has 3 rings (SSSR count). The Hall–Kier alpha value is -2.24. The Morgan fingerprint density at radius 1 is 1.15 bits per heavy atom. The van der Waals surface area contributed by atoms with E-state index >= 15 is 0 Å². The van der Waals surface area contributed by atoms with Gasteiger partial charge in [-0.15, -0.1) is 11.8 Å². The van der Waals surface area contributed by atoms with Crippen LogP contribution < -0.4 is 5.32 Å². The highest BCUT2D eigenvalue weighted by molar-refractivity contribution is 8.00. The molecule has 1 aromatic heterocycles. The maximum Gasteiger partial charge on any atom is 0.234 e. The number of carbonyl (C=O) groups excluding carboxylic acids is 1. The van der Waals surface area contributed by atoms with Gasteiger partial charge in [0.15, 0.2) is 0 Å². The quantitative estimate of drug-likeness (QED) is 0.615. The third-order valence-electron chi connectivity index (χ3n) is 4.05. The van der Waals surface area contributed by atoms with Crippen molar-refractivity contribution in [1.29, 1.82) is 0 Å². The van der Waals surface area contributed by atoms with E-state index in [9.17, 15) is 4.79 Å². The molecule has 2 aromatic carbocycles. The van der Waals surface area contributed by atoms with Crippen LogP contribution in [0.1, 0.15) is 17.0 Å². The number of carbonyl (C=O) groups is 1. The van der Waals surface area contributed by atoms with Gasteiger partial charge in [-0.05, 0) is 50.6 Å². The van der Waals surface area contributed by atoms with Crippen molar-refractivity contribution in [3.05, 3.63) is 70.5 Å². The fourth-order valence-electron chi connectivity index (χ4n) is 2.71. The number of anilines is 1. The van der Waals surface area contributed by atoms with Crippen molar-refractivity contribution >= 4 is 35.0 Å². The normalized spacial score (nSPS) is 10.8. The van der Waals surface area contributed by atoms with Crippen LogP contribution in [0.2, 0.25) is 5.02 Å². The van der Waals surface area contributed by atoms with Crippen LogP contribution in [0.4, 0.5) is 5.69 Å². The number of para-hydroxylation sites is 1. The van der Waals surface area contributed by atoms with Crippen molar-refractivity contribution in [2.45, 2.75) is 25.7 Å². The van der Waals surface area contributed by atoms with E-state index in [2.05, 4.69) is 10.4 Å². The number of amides is 1. The molecule has 0 saturated carbocycles. The van der Waals surface area contributed by atoms with Crippen LogP contribution >= 0.6 is 23.4 Å². The van der Waals surface area contributed by atoms with Gasteiger partial charge in [-0.3, -0.25) is 4.79 Å². The summed E-state index contributed by atoms with van der Waals surface area (Å²) in [6.07, 6.45) is 0. The van der Waals surface area contributed by atoms with Gasteiger partial charge in [0.05, 0.1) is 27.7 Å². The van der Waals surface area contributed by atoms with Gasteiger partial charge >= 0.3 is 0 Å². The Labute approximate surface area is 162 Å². The Kier molecular flexibility index (Phi) is 5.69. The highest BCUT2D eigenvalue weighted by atomic mass is 35.5. The second-order valence-corrected chi connectivity index (χ2v) is 7.47. The van der Waals surface area contributed by atoms with E-state index in [-0.39, 0.29) is 5.91 Å². The number of halogens is 1. The summed E-state index contributed by atoms with van der Waals surface area (Å²) in [5, 5.41) is 8.15. The molecule has 6 heteroatoms. The molecule has 0 spiro atoms. The van der Waals surface area contributed by atoms with Gasteiger partial charge in [0.2, 0.25) is 5.91 Å². The van der Waals surface area contributed by atoms with Crippen molar-refractivity contribution in [1.82, 2.24) is 9.78 Å². The molecule has 3 aromatic rings. The minimum atomic E-state index is -0.0633. The number of rotatable bonds is 5. The standard InChI is InChI=1S/C20H20ClN3OS/c1-13-9-10-16(21)11-18(13)22-19(25)12-26-20-14(2)23-24(15(20)3)17-7-5-4-6-8-17/h4-11H,12H2,1-3H3,(H,22,25). The number of hydrogen-bond donors (Lipinski definition) is 1. The molecule has 134 valence electrons. The summed E-state index contributed by atoms with van der Waals surface area (Å²) in [5.41, 5.74) is 4.70. The van der Waals surface area contributed by atoms with Gasteiger partial charge in [-0.1, -0.05) is 35.9 Å². The topological polar surface area (TPSA) is 46.9 Å². The monoisotopic (exact) mass is 385 g/mol. The second kappa shape index (κ2) is 7.98. The summed E-state index contributed by atoms with van der Waals surface area (Å²) in [5.74, 6) is 0.250. The molecule has 0 aliphatic heterocycles. The lowest BCUT2D eigenvalue weighted by molar-refractivity contribution is -0.113. The van der Waals surface area contributed by atoms with Crippen LogP contribution in [0.25, 0.3) is 5.69 Å². The zero-order valence-electron chi connectivity index (χ0n) is 14.9. The first-order valence-corrected chi connectivity index (χ1v) is 9.62. The summed E-state index contributed by atoms with van der Waals surface area (Å²) < 4.78 is 1.91. The largest absolute Gasteiger partial charge is 0.325 e. The number of aryl methyl sites for hydroxylation is 2. The van der Waals surface area contributed by atoms with Crippen LogP contribution in [-0.4, -0.2) is 21.4 Å². The minimum absolute atomic E-state index is 0.0633. The maximum atomic E-state index is 12.3. The van der Waals surface area contributed by atoms with Crippen LogP contribution in [0.15, 0.2) is 53.4 Å². The van der Waals surface area contributed by atoms with E-state index in [1.54, 1.807) is 6.07 Å². The maximum absolute atomic E-state index is 12.3. The zero-order chi connectivity index (χ0) is 18.7. The Bertz CT molecular complexity index is 938. The number of nitrogens with one attached hydrogen (secondary N) is 1. The number of nitrogens with zero attached hydrogens (tertiary/aromatic N) is 2. The first kappa shape index (κ1) is 18.5. The number of hydrogen-bond acceptors (Lipinski definition) is 3. The Morgan fingerprint density at radius 3 is 2.62 bits per heavy atom. The first-order chi connectivity index (χ1) is 12.5. The summed E-state index contributed by atoms with van der Waals surface area (Å²) in [6.45, 7) is 5.93. The zero-order valence-corrected chi connectivity index (χ0v) is 16.5. The first-order valence-electron chi connectivity index (χ1n) is 8.26. The molecule has 0 atom stereocenters. The summed E-state index contributed by atoms with van der Waals surface area (Å²) in [6, 6.07) is 15.5. The number of benzene rings is 2. The molecule has 0 fully saturated rings. The molecule has 0 aliphatic carbocycles. The van der Waals surface area contributed by atoms with E-state index in [0.29, 0.717) is 10.8 Å². The van der Waals surface area contributed by atoms with E-state index in [1.807, 2.05) is 67.9 Å². The van der Waals surface area contributed by atoms with Crippen LogP contribution in [0, 0.1) is 20.8 Å². The van der Waals surface area contributed by atoms with Gasteiger partial charge in [0, 0.05) is 10.7 Å². The molecule has 0 radical (unpaired) electrons. The molecule has 0 bridgehead atoms. The van der Waals surface area contributed by atoms with E-state index in [4.69, 9.17) is 11.6 Å². The lowest BCUT2D eigenvalue weighted by Gasteiger charge is -2.09. The average molecular weight is 386 g/mol. The van der Waals surface area contributed by atoms with Crippen molar-refractivity contribution in [2.75, 3.05) is 11.1 Å². The van der Waals surface area contributed by atoms with Gasteiger partial charge in [-0.25, -0.2) is 4.68 Å². The van der Waals surface area contributed by atoms with Gasteiger partial charge < -0.3 is 5.32 Å². The fraction of sp³-hybridized carbons (Fsp3) is 0.200. The summed E-state index contributed by atoms with van der Waals surface area (Å²) in [7, 11) is 0. The molecule has 0 aliphatic rings. The lowest BCUT2D eigenvalue weighted by atomic mass is 10.2. The fourth-order valence-corrected chi connectivity index (χ4v) is 3.78. The van der Waals surface area contributed by atoms with Crippen molar-refractivity contribution in [2.24, 2.45) is 0 Å². The van der Waals surface area contributed by atoms with Crippen molar-refractivity contribution in [3.63, 3.8) is 0 Å². The molecule has 4 nitrogen and oxygen atoms in total. The summed E-state index contributed by atoms with van der Waals surface area (Å²) >= 11 is 7.51. The molecular weight excluding hydrogens is 366 g/mol. The third-order valence-corrected chi connectivity index (χ3v) is 5.57. The molecule has 0 saturated heterocycles. The Morgan fingerprint density at radius 2 is 1.88 bits per heavy atom. The lowest BCUT2D eigenvalue weighted by Crippen LogP contribution is -2.15. The highest BCUT2D eigenvalue weighted by Crippen LogP contribution is 2.28. The second-order valence-electron chi connectivity index (χ2n) is 6.04. The van der Waals surface area contributed by atoms with E-state index in [1.165, 1.54) is 11.8 Å². The van der Waals surface area contributed by atoms with Crippen molar-refractivity contribution < 1.29 is 4.79 Å². The predicted octanol–water partition coefficient (Wildman–Crippen LogP) is 5.18. The van der Waals surface area contributed by atoms with E-state index in [0.717, 1.165) is 33.2 Å². The number of aromatic nitrogens is 2. The smallest absolute Gasteiger partial charge is 0.234 e. The highest BCUT2D eigenvalue weighted by Gasteiger charge is 2.15. The number of thioether (sulfide) groups is 1. The molecule has 1 N–H and O–H groups in total. The van der Waals surface area contributed by atoms with Crippen LogP contribution in [-0.2, 0) is 4.79 Å². The van der Waals surface area contributed by atoms with Gasteiger partial charge in [-0.2, -0.15) is 5.10 Å². The molecule has 26 heavy (non-hydrogen) atoms. The average Bonchev–Trinajstić information content (AvgIpc) is 2.91. The van der Waals surface area contributed by atoms with E-state index < -0.39 is 0 Å². The molecular formula is C20H20ClN3OS.